The number of carbonyl (C=O) groups excluding carboxylic acids is 2. The van der Waals surface area contributed by atoms with Crippen LogP contribution in [-0.2, 0) is 19.1 Å². The Labute approximate surface area is 152 Å². The van der Waals surface area contributed by atoms with Gasteiger partial charge in [-0.05, 0) is 24.6 Å². The first kappa shape index (κ1) is 19.2. The number of carbonyl (C=O) groups is 2. The fourth-order valence-electron chi connectivity index (χ4n) is 2.90. The number of hydrogen-bond donors (Lipinski definition) is 0. The number of allylic oxidation sites excluding steroid dienone is 1. The first-order valence-electron chi connectivity index (χ1n) is 8.03. The average molecular weight is 364 g/mol. The predicted molar refractivity (Wildman–Crippen MR) is 96.3 cm³/mol. The Balaban J connectivity index is 2.41. The van der Waals surface area contributed by atoms with Crippen LogP contribution in [0.2, 0.25) is 5.02 Å². The number of hydrogen-bond acceptors (Lipinski definition) is 4. The second-order valence-corrected chi connectivity index (χ2v) is 6.17. The van der Waals surface area contributed by atoms with Gasteiger partial charge in [-0.25, -0.2) is 4.79 Å². The van der Waals surface area contributed by atoms with E-state index in [0.717, 1.165) is 5.56 Å². The van der Waals surface area contributed by atoms with Crippen LogP contribution in [0.3, 0.4) is 0 Å². The maximum atomic E-state index is 12.7. The molecule has 0 fully saturated rings. The van der Waals surface area contributed by atoms with Gasteiger partial charge in [0, 0.05) is 36.7 Å². The molecule has 1 amide bonds. The van der Waals surface area contributed by atoms with Crippen molar-refractivity contribution in [2.75, 3.05) is 26.9 Å². The average Bonchev–Trinajstić information content (AvgIpc) is 2.59. The number of amides is 1. The SMILES string of the molecule is C=CCN1C(=O)C[C@H](c2ccc(Cl)cc2)C(C(=O)OCCOC)=C1C. The van der Waals surface area contributed by atoms with Crippen LogP contribution in [-0.4, -0.2) is 43.6 Å². The highest BCUT2D eigenvalue weighted by molar-refractivity contribution is 6.30. The maximum Gasteiger partial charge on any atom is 0.336 e. The molecular formula is C19H22ClNO4. The molecular weight excluding hydrogens is 342 g/mol. The summed E-state index contributed by atoms with van der Waals surface area (Å²) in [6.45, 7) is 6.27. The van der Waals surface area contributed by atoms with Gasteiger partial charge in [0.2, 0.25) is 5.91 Å². The third-order valence-corrected chi connectivity index (χ3v) is 4.40. The zero-order valence-corrected chi connectivity index (χ0v) is 15.2. The van der Waals surface area contributed by atoms with Gasteiger partial charge < -0.3 is 14.4 Å². The van der Waals surface area contributed by atoms with Gasteiger partial charge in [-0.2, -0.15) is 0 Å². The molecule has 0 radical (unpaired) electrons. The fraction of sp³-hybridized carbons (Fsp3) is 0.368. The van der Waals surface area contributed by atoms with Gasteiger partial charge in [0.1, 0.15) is 6.61 Å². The van der Waals surface area contributed by atoms with Crippen molar-refractivity contribution in [1.82, 2.24) is 4.90 Å². The Morgan fingerprint density at radius 3 is 2.64 bits per heavy atom. The van der Waals surface area contributed by atoms with E-state index in [0.29, 0.717) is 29.4 Å². The Morgan fingerprint density at radius 1 is 1.36 bits per heavy atom. The standard InChI is InChI=1S/C19H22ClNO4/c1-4-9-21-13(2)18(19(23)25-11-10-24-3)16(12-17(21)22)14-5-7-15(20)8-6-14/h4-8,16H,1,9-12H2,2-3H3/t16-/m1/s1. The second kappa shape index (κ2) is 8.83. The molecule has 0 saturated carbocycles. The highest BCUT2D eigenvalue weighted by Gasteiger charge is 2.36. The minimum atomic E-state index is -0.434. The Bertz CT molecular complexity index is 681. The molecule has 1 aliphatic heterocycles. The van der Waals surface area contributed by atoms with E-state index in [9.17, 15) is 9.59 Å². The zero-order chi connectivity index (χ0) is 18.4. The normalized spacial score (nSPS) is 17.6. The van der Waals surface area contributed by atoms with Crippen molar-refractivity contribution in [1.29, 1.82) is 0 Å². The Hall–Kier alpha value is -2.11. The summed E-state index contributed by atoms with van der Waals surface area (Å²) in [4.78, 5) is 26.7. The van der Waals surface area contributed by atoms with Crippen LogP contribution in [0.5, 0.6) is 0 Å². The molecule has 0 N–H and O–H groups in total. The molecule has 1 heterocycles. The van der Waals surface area contributed by atoms with Crippen molar-refractivity contribution in [2.24, 2.45) is 0 Å². The molecule has 6 heteroatoms. The van der Waals surface area contributed by atoms with E-state index in [4.69, 9.17) is 21.1 Å². The van der Waals surface area contributed by atoms with Crippen LogP contribution in [0, 0.1) is 0 Å². The van der Waals surface area contributed by atoms with Crippen LogP contribution in [0.25, 0.3) is 0 Å². The van der Waals surface area contributed by atoms with Gasteiger partial charge in [0.05, 0.1) is 12.2 Å². The molecule has 0 saturated heterocycles. The van der Waals surface area contributed by atoms with E-state index in [1.165, 1.54) is 0 Å². The number of benzene rings is 1. The molecule has 0 spiro atoms. The lowest BCUT2D eigenvalue weighted by Gasteiger charge is -2.34. The summed E-state index contributed by atoms with van der Waals surface area (Å²) in [6, 6.07) is 7.17. The quantitative estimate of drug-likeness (QED) is 0.423. The van der Waals surface area contributed by atoms with Gasteiger partial charge in [-0.3, -0.25) is 4.79 Å². The van der Waals surface area contributed by atoms with Crippen LogP contribution in [0.4, 0.5) is 0 Å². The molecule has 5 nitrogen and oxygen atoms in total. The monoisotopic (exact) mass is 363 g/mol. The molecule has 0 unspecified atom stereocenters. The van der Waals surface area contributed by atoms with Crippen molar-refractivity contribution in [2.45, 2.75) is 19.3 Å². The number of esters is 1. The third kappa shape index (κ3) is 4.50. The summed E-state index contributed by atoms with van der Waals surface area (Å²) in [6.07, 6.45) is 1.83. The van der Waals surface area contributed by atoms with Crippen LogP contribution in [0.1, 0.15) is 24.8 Å². The van der Waals surface area contributed by atoms with Crippen LogP contribution >= 0.6 is 11.6 Å². The van der Waals surface area contributed by atoms with Crippen molar-refractivity contribution in [3.05, 3.63) is 58.8 Å². The van der Waals surface area contributed by atoms with Crippen molar-refractivity contribution < 1.29 is 19.1 Å². The predicted octanol–water partition coefficient (Wildman–Crippen LogP) is 3.31. The Morgan fingerprint density at radius 2 is 2.04 bits per heavy atom. The minimum Gasteiger partial charge on any atom is -0.460 e. The lowest BCUT2D eigenvalue weighted by Crippen LogP contribution is -2.38. The van der Waals surface area contributed by atoms with Crippen molar-refractivity contribution >= 4 is 23.5 Å². The van der Waals surface area contributed by atoms with E-state index in [1.54, 1.807) is 37.1 Å². The summed E-state index contributed by atoms with van der Waals surface area (Å²) < 4.78 is 10.2. The van der Waals surface area contributed by atoms with E-state index >= 15 is 0 Å². The fourth-order valence-corrected chi connectivity index (χ4v) is 3.03. The Kier molecular flexibility index (Phi) is 6.79. The summed E-state index contributed by atoms with van der Waals surface area (Å²) >= 11 is 5.95. The first-order chi connectivity index (χ1) is 12.0. The largest absolute Gasteiger partial charge is 0.460 e. The molecule has 0 bridgehead atoms. The molecule has 1 aliphatic rings. The van der Waals surface area contributed by atoms with Gasteiger partial charge in [-0.1, -0.05) is 29.8 Å². The third-order valence-electron chi connectivity index (χ3n) is 4.15. The zero-order valence-electron chi connectivity index (χ0n) is 14.5. The molecule has 0 aliphatic carbocycles. The summed E-state index contributed by atoms with van der Waals surface area (Å²) in [5, 5.41) is 0.601. The molecule has 1 aromatic carbocycles. The number of nitrogens with zero attached hydrogens (tertiary/aromatic N) is 1. The van der Waals surface area contributed by atoms with E-state index in [1.807, 2.05) is 12.1 Å². The van der Waals surface area contributed by atoms with Crippen LogP contribution in [0.15, 0.2) is 48.2 Å². The highest BCUT2D eigenvalue weighted by Crippen LogP contribution is 2.37. The molecule has 2 rings (SSSR count). The van der Waals surface area contributed by atoms with Crippen LogP contribution < -0.4 is 0 Å². The van der Waals surface area contributed by atoms with Gasteiger partial charge >= 0.3 is 5.97 Å². The molecule has 134 valence electrons. The number of halogens is 1. The second-order valence-electron chi connectivity index (χ2n) is 5.73. The number of ether oxygens (including phenoxy) is 2. The first-order valence-corrected chi connectivity index (χ1v) is 8.41. The number of methoxy groups -OCH3 is 1. The minimum absolute atomic E-state index is 0.0502. The summed E-state index contributed by atoms with van der Waals surface area (Å²) in [5.74, 6) is -0.845. The molecule has 0 aromatic heterocycles. The lowest BCUT2D eigenvalue weighted by atomic mass is 9.83. The van der Waals surface area contributed by atoms with Gasteiger partial charge in [0.15, 0.2) is 0 Å². The van der Waals surface area contributed by atoms with Gasteiger partial charge in [0.25, 0.3) is 0 Å². The topological polar surface area (TPSA) is 55.8 Å². The van der Waals surface area contributed by atoms with Gasteiger partial charge in [-0.15, -0.1) is 6.58 Å². The maximum absolute atomic E-state index is 12.7. The molecule has 1 atom stereocenters. The molecule has 1 aromatic rings. The number of rotatable bonds is 7. The lowest BCUT2D eigenvalue weighted by molar-refractivity contribution is -0.141. The van der Waals surface area contributed by atoms with E-state index in [2.05, 4.69) is 6.58 Å². The summed E-state index contributed by atoms with van der Waals surface area (Å²) in [5.41, 5.74) is 1.94. The highest BCUT2D eigenvalue weighted by atomic mass is 35.5. The van der Waals surface area contributed by atoms with Crippen molar-refractivity contribution in [3.8, 4) is 0 Å². The smallest absolute Gasteiger partial charge is 0.336 e. The van der Waals surface area contributed by atoms with E-state index in [-0.39, 0.29) is 24.9 Å². The summed E-state index contributed by atoms with van der Waals surface area (Å²) in [7, 11) is 1.54. The van der Waals surface area contributed by atoms with Crippen molar-refractivity contribution in [3.63, 3.8) is 0 Å². The van der Waals surface area contributed by atoms with E-state index < -0.39 is 5.97 Å². The molecule has 25 heavy (non-hydrogen) atoms.